The van der Waals surface area contributed by atoms with E-state index in [1.807, 2.05) is 32.0 Å². The third-order valence-corrected chi connectivity index (χ3v) is 3.94. The van der Waals surface area contributed by atoms with E-state index in [4.69, 9.17) is 4.74 Å². The van der Waals surface area contributed by atoms with Crippen LogP contribution in [-0.4, -0.2) is 25.0 Å². The lowest BCUT2D eigenvalue weighted by atomic mass is 10.1. The summed E-state index contributed by atoms with van der Waals surface area (Å²) in [5, 5.41) is 5.63. The van der Waals surface area contributed by atoms with Crippen molar-refractivity contribution < 1.29 is 14.3 Å². The van der Waals surface area contributed by atoms with E-state index in [0.717, 1.165) is 24.0 Å². The standard InChI is InChI=1S/C21H26N2O3/c1-4-5-12-22-21(25)17-7-9-18(10-8-17)23-20(24)14-26-19-11-6-15(2)13-16(19)3/h6-11,13H,4-5,12,14H2,1-3H3,(H,22,25)(H,23,24). The van der Waals surface area contributed by atoms with Gasteiger partial charge in [0.1, 0.15) is 5.75 Å². The van der Waals surface area contributed by atoms with Crippen molar-refractivity contribution in [2.45, 2.75) is 33.6 Å². The molecule has 0 heterocycles. The number of aryl methyl sites for hydroxylation is 2. The van der Waals surface area contributed by atoms with Crippen LogP contribution in [-0.2, 0) is 4.79 Å². The maximum atomic E-state index is 12.0. The van der Waals surface area contributed by atoms with Crippen LogP contribution in [0.3, 0.4) is 0 Å². The van der Waals surface area contributed by atoms with Gasteiger partial charge in [0, 0.05) is 17.8 Å². The number of ether oxygens (including phenoxy) is 1. The number of hydrogen-bond donors (Lipinski definition) is 2. The Bertz CT molecular complexity index is 754. The van der Waals surface area contributed by atoms with Crippen LogP contribution in [0.25, 0.3) is 0 Å². The second-order valence-corrected chi connectivity index (χ2v) is 6.29. The lowest BCUT2D eigenvalue weighted by molar-refractivity contribution is -0.118. The molecule has 0 aliphatic heterocycles. The van der Waals surface area contributed by atoms with Gasteiger partial charge in [0.15, 0.2) is 6.61 Å². The monoisotopic (exact) mass is 354 g/mol. The van der Waals surface area contributed by atoms with Gasteiger partial charge < -0.3 is 15.4 Å². The number of hydrogen-bond acceptors (Lipinski definition) is 3. The molecule has 2 aromatic carbocycles. The van der Waals surface area contributed by atoms with E-state index < -0.39 is 0 Å². The van der Waals surface area contributed by atoms with Gasteiger partial charge in [-0.25, -0.2) is 0 Å². The second-order valence-electron chi connectivity index (χ2n) is 6.29. The predicted molar refractivity (Wildman–Crippen MR) is 104 cm³/mol. The normalized spacial score (nSPS) is 10.3. The third-order valence-electron chi connectivity index (χ3n) is 3.94. The number of unbranched alkanes of at least 4 members (excludes halogenated alkanes) is 1. The number of anilines is 1. The minimum absolute atomic E-state index is 0.0663. The van der Waals surface area contributed by atoms with Gasteiger partial charge in [-0.3, -0.25) is 9.59 Å². The summed E-state index contributed by atoms with van der Waals surface area (Å²) in [6.07, 6.45) is 2.00. The number of rotatable bonds is 8. The van der Waals surface area contributed by atoms with Crippen LogP contribution in [0.15, 0.2) is 42.5 Å². The van der Waals surface area contributed by atoms with E-state index in [-0.39, 0.29) is 18.4 Å². The van der Waals surface area contributed by atoms with Gasteiger partial charge in [-0.15, -0.1) is 0 Å². The molecule has 2 N–H and O–H groups in total. The summed E-state index contributed by atoms with van der Waals surface area (Å²) < 4.78 is 5.57. The Morgan fingerprint density at radius 3 is 2.42 bits per heavy atom. The van der Waals surface area contributed by atoms with Crippen molar-refractivity contribution >= 4 is 17.5 Å². The molecule has 0 spiro atoms. The maximum Gasteiger partial charge on any atom is 0.262 e. The van der Waals surface area contributed by atoms with E-state index in [1.165, 1.54) is 0 Å². The zero-order chi connectivity index (χ0) is 18.9. The van der Waals surface area contributed by atoms with Crippen LogP contribution < -0.4 is 15.4 Å². The highest BCUT2D eigenvalue weighted by Gasteiger charge is 2.08. The molecule has 2 amide bonds. The molecule has 0 radical (unpaired) electrons. The topological polar surface area (TPSA) is 67.4 Å². The fourth-order valence-corrected chi connectivity index (χ4v) is 2.49. The van der Waals surface area contributed by atoms with E-state index in [2.05, 4.69) is 17.6 Å². The Morgan fingerprint density at radius 2 is 1.77 bits per heavy atom. The number of carbonyl (C=O) groups excluding carboxylic acids is 2. The fourth-order valence-electron chi connectivity index (χ4n) is 2.49. The van der Waals surface area contributed by atoms with Gasteiger partial charge in [-0.1, -0.05) is 31.0 Å². The van der Waals surface area contributed by atoms with Gasteiger partial charge in [0.25, 0.3) is 11.8 Å². The summed E-state index contributed by atoms with van der Waals surface area (Å²) in [5.41, 5.74) is 3.35. The van der Waals surface area contributed by atoms with E-state index in [0.29, 0.717) is 23.5 Å². The molecule has 0 saturated carbocycles. The SMILES string of the molecule is CCCCNC(=O)c1ccc(NC(=O)COc2ccc(C)cc2C)cc1. The van der Waals surface area contributed by atoms with Crippen LogP contribution >= 0.6 is 0 Å². The van der Waals surface area contributed by atoms with Gasteiger partial charge in [0.2, 0.25) is 0 Å². The third kappa shape index (κ3) is 5.92. The minimum atomic E-state index is -0.245. The number of benzene rings is 2. The minimum Gasteiger partial charge on any atom is -0.483 e. The van der Waals surface area contributed by atoms with Gasteiger partial charge in [-0.2, -0.15) is 0 Å². The molecule has 5 heteroatoms. The van der Waals surface area contributed by atoms with Gasteiger partial charge in [0.05, 0.1) is 0 Å². The average molecular weight is 354 g/mol. The molecule has 5 nitrogen and oxygen atoms in total. The zero-order valence-corrected chi connectivity index (χ0v) is 15.6. The smallest absolute Gasteiger partial charge is 0.262 e. The Kier molecular flexibility index (Phi) is 7.21. The Labute approximate surface area is 154 Å². The van der Waals surface area contributed by atoms with Gasteiger partial charge in [-0.05, 0) is 56.2 Å². The number of carbonyl (C=O) groups is 2. The molecule has 0 saturated heterocycles. The van der Waals surface area contributed by atoms with Crippen molar-refractivity contribution in [3.05, 3.63) is 59.2 Å². The quantitative estimate of drug-likeness (QED) is 0.708. The molecule has 2 aromatic rings. The Morgan fingerprint density at radius 1 is 1.04 bits per heavy atom. The molecule has 26 heavy (non-hydrogen) atoms. The Balaban J connectivity index is 1.84. The summed E-state index contributed by atoms with van der Waals surface area (Å²) in [6, 6.07) is 12.6. The predicted octanol–water partition coefficient (Wildman–Crippen LogP) is 3.85. The summed E-state index contributed by atoms with van der Waals surface area (Å²) >= 11 is 0. The molecule has 0 aromatic heterocycles. The first-order valence-electron chi connectivity index (χ1n) is 8.87. The summed E-state index contributed by atoms with van der Waals surface area (Å²) in [4.78, 5) is 24.0. The molecule has 138 valence electrons. The highest BCUT2D eigenvalue weighted by molar-refractivity contribution is 5.96. The molecule has 0 bridgehead atoms. The zero-order valence-electron chi connectivity index (χ0n) is 15.6. The first-order chi connectivity index (χ1) is 12.5. The molecule has 0 aliphatic carbocycles. The lowest BCUT2D eigenvalue weighted by Crippen LogP contribution is -2.24. The summed E-state index contributed by atoms with van der Waals surface area (Å²) in [7, 11) is 0. The molecular weight excluding hydrogens is 328 g/mol. The first kappa shape index (κ1) is 19.5. The van der Waals surface area contributed by atoms with Crippen molar-refractivity contribution in [1.29, 1.82) is 0 Å². The first-order valence-corrected chi connectivity index (χ1v) is 8.87. The van der Waals surface area contributed by atoms with E-state index >= 15 is 0 Å². The fraction of sp³-hybridized carbons (Fsp3) is 0.333. The second kappa shape index (κ2) is 9.61. The molecule has 0 atom stereocenters. The average Bonchev–Trinajstić information content (AvgIpc) is 2.61. The van der Waals surface area contributed by atoms with Crippen LogP contribution in [0.5, 0.6) is 5.75 Å². The van der Waals surface area contributed by atoms with Crippen molar-refractivity contribution in [2.24, 2.45) is 0 Å². The van der Waals surface area contributed by atoms with Crippen LogP contribution in [0, 0.1) is 13.8 Å². The highest BCUT2D eigenvalue weighted by atomic mass is 16.5. The molecule has 0 fully saturated rings. The Hall–Kier alpha value is -2.82. The maximum absolute atomic E-state index is 12.0. The van der Waals surface area contributed by atoms with Crippen LogP contribution in [0.4, 0.5) is 5.69 Å². The van der Waals surface area contributed by atoms with Crippen molar-refractivity contribution in [3.63, 3.8) is 0 Å². The summed E-state index contributed by atoms with van der Waals surface area (Å²) in [6.45, 7) is 6.64. The van der Waals surface area contributed by atoms with Crippen molar-refractivity contribution in [1.82, 2.24) is 5.32 Å². The molecular formula is C21H26N2O3. The molecule has 0 aliphatic rings. The van der Waals surface area contributed by atoms with Crippen molar-refractivity contribution in [3.8, 4) is 5.75 Å². The number of amides is 2. The number of nitrogens with one attached hydrogen (secondary N) is 2. The molecule has 2 rings (SSSR count). The summed E-state index contributed by atoms with van der Waals surface area (Å²) in [5.74, 6) is 0.351. The van der Waals surface area contributed by atoms with Gasteiger partial charge >= 0.3 is 0 Å². The van der Waals surface area contributed by atoms with Crippen molar-refractivity contribution in [2.75, 3.05) is 18.5 Å². The lowest BCUT2D eigenvalue weighted by Gasteiger charge is -2.10. The van der Waals surface area contributed by atoms with Crippen LogP contribution in [0.1, 0.15) is 41.3 Å². The van der Waals surface area contributed by atoms with E-state index in [1.54, 1.807) is 24.3 Å². The highest BCUT2D eigenvalue weighted by Crippen LogP contribution is 2.18. The van der Waals surface area contributed by atoms with E-state index in [9.17, 15) is 9.59 Å². The largest absolute Gasteiger partial charge is 0.483 e. The van der Waals surface area contributed by atoms with Crippen LogP contribution in [0.2, 0.25) is 0 Å². The molecule has 0 unspecified atom stereocenters.